The van der Waals surface area contributed by atoms with Gasteiger partial charge in [-0.15, -0.1) is 0 Å². The van der Waals surface area contributed by atoms with Crippen molar-refractivity contribution in [2.24, 2.45) is 0 Å². The lowest BCUT2D eigenvalue weighted by molar-refractivity contribution is 0.132. The lowest BCUT2D eigenvalue weighted by Gasteiger charge is -2.15. The molecule has 1 aliphatic rings. The summed E-state index contributed by atoms with van der Waals surface area (Å²) < 4.78 is 22.0. The molecule has 0 bridgehead atoms. The van der Waals surface area contributed by atoms with Crippen LogP contribution in [0.2, 0.25) is 0 Å². The number of anilines is 2. The number of aryl methyl sites for hydroxylation is 2. The van der Waals surface area contributed by atoms with Gasteiger partial charge < -0.3 is 24.3 Å². The molecule has 7 nitrogen and oxygen atoms in total. The number of rotatable bonds is 10. The summed E-state index contributed by atoms with van der Waals surface area (Å²) in [5.74, 6) is 1.98. The number of fused-ring (bicyclic) bond motifs is 2. The van der Waals surface area contributed by atoms with Crippen molar-refractivity contribution >= 4 is 22.4 Å². The largest absolute Gasteiger partial charge is 0.487 e. The molecule has 1 aliphatic carbocycles. The molecule has 1 N–H and O–H groups in total. The van der Waals surface area contributed by atoms with Crippen LogP contribution in [0.25, 0.3) is 10.9 Å². The van der Waals surface area contributed by atoms with Crippen LogP contribution in [-0.4, -0.2) is 50.6 Å². The van der Waals surface area contributed by atoms with Gasteiger partial charge in [-0.3, -0.25) is 0 Å². The summed E-state index contributed by atoms with van der Waals surface area (Å²) in [7, 11) is 3.29. The smallest absolute Gasteiger partial charge is 0.163 e. The van der Waals surface area contributed by atoms with E-state index < -0.39 is 0 Å². The Balaban J connectivity index is 1.65. The first-order chi connectivity index (χ1) is 14.8. The average Bonchev–Trinajstić information content (AvgIpc) is 3.22. The van der Waals surface area contributed by atoms with Gasteiger partial charge in [0.05, 0.1) is 18.7 Å². The van der Waals surface area contributed by atoms with Gasteiger partial charge >= 0.3 is 0 Å². The number of benzene rings is 2. The number of hydrogen-bond acceptors (Lipinski definition) is 7. The Kier molecular flexibility index (Phi) is 6.61. The molecule has 1 aromatic heterocycles. The summed E-state index contributed by atoms with van der Waals surface area (Å²) in [5.41, 5.74) is 4.66. The Morgan fingerprint density at radius 3 is 2.33 bits per heavy atom. The summed E-state index contributed by atoms with van der Waals surface area (Å²) in [6, 6.07) is 10.3. The van der Waals surface area contributed by atoms with Crippen LogP contribution in [0.5, 0.6) is 11.5 Å². The van der Waals surface area contributed by atoms with Crippen LogP contribution in [0.3, 0.4) is 0 Å². The van der Waals surface area contributed by atoms with Crippen molar-refractivity contribution in [1.82, 2.24) is 9.97 Å². The highest BCUT2D eigenvalue weighted by molar-refractivity contribution is 5.93. The fourth-order valence-electron chi connectivity index (χ4n) is 3.65. The van der Waals surface area contributed by atoms with Gasteiger partial charge in [-0.25, -0.2) is 9.97 Å². The summed E-state index contributed by atoms with van der Waals surface area (Å²) in [6.45, 7) is 1.82. The monoisotopic (exact) mass is 409 g/mol. The van der Waals surface area contributed by atoms with Crippen molar-refractivity contribution in [2.45, 2.75) is 19.3 Å². The first-order valence-electron chi connectivity index (χ1n) is 10.2. The zero-order valence-electron chi connectivity index (χ0n) is 17.4. The highest BCUT2D eigenvalue weighted by atomic mass is 16.5. The van der Waals surface area contributed by atoms with E-state index in [0.29, 0.717) is 37.9 Å². The minimum atomic E-state index is 0.421. The molecule has 0 aliphatic heterocycles. The fourth-order valence-corrected chi connectivity index (χ4v) is 3.65. The first kappa shape index (κ1) is 20.4. The topological polar surface area (TPSA) is 74.7 Å². The van der Waals surface area contributed by atoms with Crippen LogP contribution in [0.15, 0.2) is 36.7 Å². The van der Waals surface area contributed by atoms with E-state index in [0.717, 1.165) is 28.8 Å². The van der Waals surface area contributed by atoms with E-state index in [-0.39, 0.29) is 0 Å². The van der Waals surface area contributed by atoms with E-state index in [1.54, 1.807) is 20.5 Å². The van der Waals surface area contributed by atoms with Crippen LogP contribution in [0, 0.1) is 0 Å². The predicted octanol–water partition coefficient (Wildman–Crippen LogP) is 3.91. The lowest BCUT2D eigenvalue weighted by Crippen LogP contribution is -2.09. The molecule has 1 heterocycles. The van der Waals surface area contributed by atoms with Gasteiger partial charge in [0.25, 0.3) is 0 Å². The molecular weight excluding hydrogens is 382 g/mol. The van der Waals surface area contributed by atoms with Crippen LogP contribution in [-0.2, 0) is 22.3 Å². The number of nitrogens with one attached hydrogen (secondary N) is 1. The number of ether oxygens (including phenoxy) is 4. The molecule has 0 spiro atoms. The molecule has 7 heteroatoms. The van der Waals surface area contributed by atoms with Crippen molar-refractivity contribution in [1.29, 1.82) is 0 Å². The molecule has 0 atom stereocenters. The van der Waals surface area contributed by atoms with Crippen molar-refractivity contribution in [3.05, 3.63) is 47.8 Å². The van der Waals surface area contributed by atoms with E-state index in [2.05, 4.69) is 33.5 Å². The number of aromatic nitrogens is 2. The van der Waals surface area contributed by atoms with Crippen molar-refractivity contribution in [2.75, 3.05) is 46.0 Å². The second-order valence-electron chi connectivity index (χ2n) is 7.18. The standard InChI is InChI=1S/C23H27N3O4/c1-27-8-10-29-21-13-19-20(14-22(21)30-11-9-28-2)24-15-25-23(19)26-18-7-6-16-4-3-5-17(16)12-18/h6-7,12-15H,3-5,8-11H2,1-2H3,(H,24,25,26). The maximum absolute atomic E-state index is 5.91. The number of nitrogens with zero attached hydrogens (tertiary/aromatic N) is 2. The highest BCUT2D eigenvalue weighted by Crippen LogP contribution is 2.35. The third kappa shape index (κ3) is 4.63. The van der Waals surface area contributed by atoms with Crippen molar-refractivity contribution < 1.29 is 18.9 Å². The van der Waals surface area contributed by atoms with Crippen molar-refractivity contribution in [3.8, 4) is 11.5 Å². The van der Waals surface area contributed by atoms with Crippen LogP contribution < -0.4 is 14.8 Å². The maximum atomic E-state index is 5.91. The third-order valence-corrected chi connectivity index (χ3v) is 5.15. The number of methoxy groups -OCH3 is 2. The van der Waals surface area contributed by atoms with Gasteiger partial charge in [0.15, 0.2) is 11.5 Å². The Labute approximate surface area is 176 Å². The van der Waals surface area contributed by atoms with Gasteiger partial charge in [0, 0.05) is 31.4 Å². The summed E-state index contributed by atoms with van der Waals surface area (Å²) >= 11 is 0. The molecule has 0 saturated heterocycles. The fraction of sp³-hybridized carbons (Fsp3) is 0.391. The summed E-state index contributed by atoms with van der Waals surface area (Å²) in [4.78, 5) is 8.90. The Morgan fingerprint density at radius 2 is 1.57 bits per heavy atom. The zero-order chi connectivity index (χ0) is 20.8. The molecule has 4 rings (SSSR count). The molecule has 0 saturated carbocycles. The van der Waals surface area contributed by atoms with Gasteiger partial charge in [0.1, 0.15) is 25.4 Å². The molecule has 0 fully saturated rings. The Hall–Kier alpha value is -2.90. The minimum Gasteiger partial charge on any atom is -0.487 e. The SMILES string of the molecule is COCCOc1cc2ncnc(Nc3ccc4c(c3)CCC4)c2cc1OCCOC. The molecule has 2 aromatic carbocycles. The first-order valence-corrected chi connectivity index (χ1v) is 10.2. The second-order valence-corrected chi connectivity index (χ2v) is 7.18. The van der Waals surface area contributed by atoms with Gasteiger partial charge in [-0.1, -0.05) is 6.07 Å². The molecule has 158 valence electrons. The van der Waals surface area contributed by atoms with Crippen LogP contribution >= 0.6 is 0 Å². The van der Waals surface area contributed by atoms with E-state index in [1.165, 1.54) is 24.0 Å². The van der Waals surface area contributed by atoms with Gasteiger partial charge in [-0.05, 0) is 48.6 Å². The Bertz CT molecular complexity index is 1010. The molecule has 0 unspecified atom stereocenters. The van der Waals surface area contributed by atoms with E-state index in [9.17, 15) is 0 Å². The minimum absolute atomic E-state index is 0.421. The number of hydrogen-bond donors (Lipinski definition) is 1. The summed E-state index contributed by atoms with van der Waals surface area (Å²) in [5, 5.41) is 4.32. The molecular formula is C23H27N3O4. The predicted molar refractivity (Wildman–Crippen MR) is 116 cm³/mol. The summed E-state index contributed by atoms with van der Waals surface area (Å²) in [6.07, 6.45) is 5.08. The molecule has 30 heavy (non-hydrogen) atoms. The third-order valence-electron chi connectivity index (χ3n) is 5.15. The molecule has 0 amide bonds. The van der Waals surface area contributed by atoms with E-state index in [4.69, 9.17) is 18.9 Å². The van der Waals surface area contributed by atoms with Crippen LogP contribution in [0.1, 0.15) is 17.5 Å². The molecule has 3 aromatic rings. The normalized spacial score (nSPS) is 12.7. The van der Waals surface area contributed by atoms with Crippen molar-refractivity contribution in [3.63, 3.8) is 0 Å². The van der Waals surface area contributed by atoms with E-state index in [1.807, 2.05) is 12.1 Å². The highest BCUT2D eigenvalue weighted by Gasteiger charge is 2.14. The lowest BCUT2D eigenvalue weighted by atomic mass is 10.1. The van der Waals surface area contributed by atoms with Gasteiger partial charge in [-0.2, -0.15) is 0 Å². The van der Waals surface area contributed by atoms with Gasteiger partial charge in [0.2, 0.25) is 0 Å². The van der Waals surface area contributed by atoms with Crippen LogP contribution in [0.4, 0.5) is 11.5 Å². The second kappa shape index (κ2) is 9.73. The Morgan fingerprint density at radius 1 is 0.833 bits per heavy atom. The zero-order valence-corrected chi connectivity index (χ0v) is 17.4. The van der Waals surface area contributed by atoms with E-state index >= 15 is 0 Å². The average molecular weight is 409 g/mol. The molecule has 0 radical (unpaired) electrons. The quantitative estimate of drug-likeness (QED) is 0.509. The maximum Gasteiger partial charge on any atom is 0.163 e.